The van der Waals surface area contributed by atoms with Gasteiger partial charge in [-0.15, -0.1) is 0 Å². The van der Waals surface area contributed by atoms with Crippen LogP contribution < -0.4 is 69.3 Å². The van der Waals surface area contributed by atoms with Crippen LogP contribution in [0.2, 0.25) is 0 Å². The normalized spacial score (nSPS) is 9.29. The van der Waals surface area contributed by atoms with Gasteiger partial charge in [0.05, 0.1) is 5.97 Å². The van der Waals surface area contributed by atoms with E-state index < -0.39 is 29.9 Å². The Bertz CT molecular complexity index is 259. The molecular formula is C6H4Na2O6. The Morgan fingerprint density at radius 2 is 1.57 bits per heavy atom. The van der Waals surface area contributed by atoms with Gasteiger partial charge in [-0.05, 0) is 5.57 Å². The van der Waals surface area contributed by atoms with Crippen LogP contribution in [-0.4, -0.2) is 23.0 Å². The van der Waals surface area contributed by atoms with Crippen molar-refractivity contribution in [3.63, 3.8) is 0 Å². The number of hydrogen-bond acceptors (Lipinski definition) is 5. The van der Waals surface area contributed by atoms with Crippen LogP contribution in [0.5, 0.6) is 0 Å². The van der Waals surface area contributed by atoms with E-state index in [1.165, 1.54) is 0 Å². The third-order valence-corrected chi connectivity index (χ3v) is 0.895. The van der Waals surface area contributed by atoms with Crippen LogP contribution in [0.4, 0.5) is 0 Å². The van der Waals surface area contributed by atoms with E-state index in [0.717, 1.165) is 0 Å². The molecule has 0 rings (SSSR count). The maximum Gasteiger partial charge on any atom is 1.00 e. The van der Waals surface area contributed by atoms with E-state index in [9.17, 15) is 24.6 Å². The molecule has 0 aromatic rings. The Kier molecular flexibility index (Phi) is 13.6. The number of carboxylic acid groups (broad SMARTS) is 3. The van der Waals surface area contributed by atoms with Gasteiger partial charge in [-0.3, -0.25) is 0 Å². The van der Waals surface area contributed by atoms with Gasteiger partial charge in [-0.1, -0.05) is 0 Å². The molecule has 0 atom stereocenters. The van der Waals surface area contributed by atoms with Crippen molar-refractivity contribution >= 4 is 17.9 Å². The predicted octanol–water partition coefficient (Wildman–Crippen LogP) is -9.10. The van der Waals surface area contributed by atoms with Gasteiger partial charge in [0.15, 0.2) is 0 Å². The second kappa shape index (κ2) is 9.70. The second-order valence-corrected chi connectivity index (χ2v) is 1.84. The average molecular weight is 218 g/mol. The third-order valence-electron chi connectivity index (χ3n) is 0.895. The Morgan fingerprint density at radius 1 is 1.14 bits per heavy atom. The van der Waals surface area contributed by atoms with Crippen molar-refractivity contribution in [2.24, 2.45) is 0 Å². The van der Waals surface area contributed by atoms with Crippen LogP contribution in [-0.2, 0) is 14.4 Å². The van der Waals surface area contributed by atoms with E-state index >= 15 is 0 Å². The topological polar surface area (TPSA) is 118 Å². The van der Waals surface area contributed by atoms with Gasteiger partial charge in [-0.25, -0.2) is 4.79 Å². The van der Waals surface area contributed by atoms with Crippen molar-refractivity contribution in [1.29, 1.82) is 0 Å². The van der Waals surface area contributed by atoms with Crippen molar-refractivity contribution in [2.45, 2.75) is 6.42 Å². The summed E-state index contributed by atoms with van der Waals surface area (Å²) in [5, 5.41) is 28.0. The van der Waals surface area contributed by atoms with E-state index in [4.69, 9.17) is 5.11 Å². The molecule has 0 aliphatic carbocycles. The quantitative estimate of drug-likeness (QED) is 0.369. The summed E-state index contributed by atoms with van der Waals surface area (Å²) >= 11 is 0. The zero-order valence-electron chi connectivity index (χ0n) is 7.77. The number of rotatable bonds is 4. The number of carbonyl (C=O) groups is 3. The summed E-state index contributed by atoms with van der Waals surface area (Å²) in [6.45, 7) is 0. The van der Waals surface area contributed by atoms with Crippen LogP contribution in [0.25, 0.3) is 0 Å². The molecule has 1 N–H and O–H groups in total. The van der Waals surface area contributed by atoms with Gasteiger partial charge in [0.25, 0.3) is 0 Å². The van der Waals surface area contributed by atoms with Crippen LogP contribution in [0.3, 0.4) is 0 Å². The largest absolute Gasteiger partial charge is 1.00 e. The first-order valence-electron chi connectivity index (χ1n) is 2.78. The smallest absolute Gasteiger partial charge is 0.550 e. The van der Waals surface area contributed by atoms with Crippen molar-refractivity contribution in [3.05, 3.63) is 11.6 Å². The van der Waals surface area contributed by atoms with Crippen molar-refractivity contribution < 1.29 is 88.8 Å². The van der Waals surface area contributed by atoms with E-state index in [0.29, 0.717) is 0 Å². The fourth-order valence-corrected chi connectivity index (χ4v) is 0.487. The minimum Gasteiger partial charge on any atom is -0.550 e. The molecule has 0 radical (unpaired) electrons. The second-order valence-electron chi connectivity index (χ2n) is 1.84. The average Bonchev–Trinajstić information content (AvgIpc) is 1.83. The molecule has 0 aliphatic rings. The van der Waals surface area contributed by atoms with Gasteiger partial charge in [0.1, 0.15) is 0 Å². The van der Waals surface area contributed by atoms with Gasteiger partial charge in [-0.2, -0.15) is 0 Å². The standard InChI is InChI=1S/C6H6O6.2Na/c7-4(8)1-3(6(11)12)2-5(9)10;;/h1H,2H2,(H,7,8)(H,9,10)(H,11,12);;/q;2*+1/p-2. The number of hydrogen-bond donors (Lipinski definition) is 1. The molecule has 0 heterocycles. The minimum atomic E-state index is -1.83. The number of carbonyl (C=O) groups excluding carboxylic acids is 2. The first-order chi connectivity index (χ1) is 5.43. The number of aliphatic carboxylic acids is 3. The van der Waals surface area contributed by atoms with E-state index in [1.54, 1.807) is 0 Å². The van der Waals surface area contributed by atoms with Crippen molar-refractivity contribution in [2.75, 3.05) is 0 Å². The Balaban J connectivity index is -0.000000605. The van der Waals surface area contributed by atoms with E-state index in [-0.39, 0.29) is 65.2 Å². The molecule has 0 aromatic heterocycles. The monoisotopic (exact) mass is 218 g/mol. The Hall–Kier alpha value is 0.150. The first kappa shape index (κ1) is 19.7. The molecular weight excluding hydrogens is 214 g/mol. The fraction of sp³-hybridized carbons (Fsp3) is 0.167. The summed E-state index contributed by atoms with van der Waals surface area (Å²) in [5.41, 5.74) is -0.831. The van der Waals surface area contributed by atoms with Crippen LogP contribution in [0.1, 0.15) is 6.42 Å². The molecule has 66 valence electrons. The van der Waals surface area contributed by atoms with Gasteiger partial charge in [0.2, 0.25) is 0 Å². The maximum atomic E-state index is 10.0. The first-order valence-corrected chi connectivity index (χ1v) is 2.78. The molecule has 0 aromatic carbocycles. The van der Waals surface area contributed by atoms with Crippen LogP contribution in [0.15, 0.2) is 11.6 Å². The van der Waals surface area contributed by atoms with Gasteiger partial charge in [0, 0.05) is 18.5 Å². The maximum absolute atomic E-state index is 10.0. The predicted molar refractivity (Wildman–Crippen MR) is 30.3 cm³/mol. The Morgan fingerprint density at radius 3 is 1.79 bits per heavy atom. The molecule has 0 spiro atoms. The molecule has 0 bridgehead atoms. The molecule has 14 heavy (non-hydrogen) atoms. The van der Waals surface area contributed by atoms with Crippen molar-refractivity contribution in [3.8, 4) is 0 Å². The van der Waals surface area contributed by atoms with E-state index in [2.05, 4.69) is 0 Å². The van der Waals surface area contributed by atoms with Gasteiger partial charge < -0.3 is 24.9 Å². The van der Waals surface area contributed by atoms with Gasteiger partial charge >= 0.3 is 65.1 Å². The summed E-state index contributed by atoms with van der Waals surface area (Å²) in [4.78, 5) is 29.8. The summed E-state index contributed by atoms with van der Waals surface area (Å²) < 4.78 is 0. The summed E-state index contributed by atoms with van der Waals surface area (Å²) in [5.74, 6) is -5.05. The zero-order chi connectivity index (χ0) is 9.72. The molecule has 0 saturated heterocycles. The summed E-state index contributed by atoms with van der Waals surface area (Å²) in [7, 11) is 0. The SMILES string of the molecule is O=C(O)C=C(CC(=O)[O-])C(=O)[O-].[Na+].[Na+]. The summed E-state index contributed by atoms with van der Waals surface area (Å²) in [6.07, 6.45) is -0.722. The molecule has 0 unspecified atom stereocenters. The zero-order valence-corrected chi connectivity index (χ0v) is 11.8. The molecule has 0 aliphatic heterocycles. The third kappa shape index (κ3) is 10.2. The molecule has 0 amide bonds. The molecule has 0 fully saturated rings. The van der Waals surface area contributed by atoms with Crippen molar-refractivity contribution in [1.82, 2.24) is 0 Å². The van der Waals surface area contributed by atoms with Crippen LogP contribution >= 0.6 is 0 Å². The molecule has 8 heteroatoms. The molecule has 0 saturated carbocycles. The Labute approximate surface area is 124 Å². The number of carboxylic acids is 3. The van der Waals surface area contributed by atoms with Crippen LogP contribution in [0, 0.1) is 0 Å². The fourth-order valence-electron chi connectivity index (χ4n) is 0.487. The minimum absolute atomic E-state index is 0. The van der Waals surface area contributed by atoms with E-state index in [1.807, 2.05) is 0 Å². The summed E-state index contributed by atoms with van der Waals surface area (Å²) in [6, 6.07) is 0. The molecule has 6 nitrogen and oxygen atoms in total.